The van der Waals surface area contributed by atoms with Gasteiger partial charge in [0.1, 0.15) is 5.69 Å². The molecule has 2 aromatic rings. The molecule has 0 radical (unpaired) electrons. The highest BCUT2D eigenvalue weighted by molar-refractivity contribution is 6.42. The topological polar surface area (TPSA) is 94.4 Å². The van der Waals surface area contributed by atoms with Crippen molar-refractivity contribution in [1.82, 2.24) is 10.3 Å². The molecule has 0 aliphatic heterocycles. The number of halogens is 2. The molecule has 0 aliphatic carbocycles. The molecule has 132 valence electrons. The Morgan fingerprint density at radius 2 is 2.04 bits per heavy atom. The van der Waals surface area contributed by atoms with Crippen LogP contribution in [0.1, 0.15) is 24.2 Å². The Morgan fingerprint density at radius 1 is 1.32 bits per heavy atom. The second-order valence-corrected chi connectivity index (χ2v) is 6.10. The van der Waals surface area contributed by atoms with Gasteiger partial charge in [0.2, 0.25) is 5.75 Å². The van der Waals surface area contributed by atoms with E-state index < -0.39 is 16.6 Å². The fourth-order valence-electron chi connectivity index (χ4n) is 2.07. The number of amides is 1. The molecule has 25 heavy (non-hydrogen) atoms. The molecule has 0 saturated heterocycles. The molecular weight excluding hydrogens is 369 g/mol. The Bertz CT molecular complexity index is 814. The number of nitrogens with zero attached hydrogens (tertiary/aromatic N) is 2. The van der Waals surface area contributed by atoms with Gasteiger partial charge in [-0.1, -0.05) is 29.3 Å². The van der Waals surface area contributed by atoms with E-state index >= 15 is 0 Å². The first-order valence-electron chi connectivity index (χ1n) is 7.27. The van der Waals surface area contributed by atoms with Crippen LogP contribution in [0.4, 0.5) is 5.82 Å². The quantitative estimate of drug-likeness (QED) is 0.603. The standard InChI is InChI=1S/C16H15Cl2N3O4/c1-9-3-6-14(16(19-9)21(23)24)25-8-15(22)20-10(2)11-4-5-12(17)13(18)7-11/h3-7,10H,8H2,1-2H3,(H,20,22)/t10-/m0/s1. The minimum Gasteiger partial charge on any atom is -0.476 e. The zero-order valence-electron chi connectivity index (χ0n) is 13.5. The largest absolute Gasteiger partial charge is 0.476 e. The van der Waals surface area contributed by atoms with Crippen LogP contribution in [0.2, 0.25) is 10.0 Å². The minimum atomic E-state index is -0.654. The van der Waals surface area contributed by atoms with E-state index in [1.54, 1.807) is 38.1 Å². The van der Waals surface area contributed by atoms with Crippen LogP contribution < -0.4 is 10.1 Å². The number of nitrogens with one attached hydrogen (secondary N) is 1. The molecule has 1 aromatic heterocycles. The van der Waals surface area contributed by atoms with Crippen LogP contribution in [0.3, 0.4) is 0 Å². The Balaban J connectivity index is 1.99. The smallest absolute Gasteiger partial charge is 0.406 e. The van der Waals surface area contributed by atoms with Gasteiger partial charge in [0.15, 0.2) is 6.61 Å². The second-order valence-electron chi connectivity index (χ2n) is 5.28. The van der Waals surface area contributed by atoms with E-state index in [-0.39, 0.29) is 18.4 Å². The molecule has 1 atom stereocenters. The minimum absolute atomic E-state index is 0.0621. The van der Waals surface area contributed by atoms with Crippen LogP contribution in [-0.4, -0.2) is 22.4 Å². The zero-order chi connectivity index (χ0) is 18.6. The van der Waals surface area contributed by atoms with Gasteiger partial charge in [0, 0.05) is 6.92 Å². The summed E-state index contributed by atoms with van der Waals surface area (Å²) in [5, 5.41) is 14.5. The van der Waals surface area contributed by atoms with E-state index in [9.17, 15) is 14.9 Å². The number of benzene rings is 1. The Kier molecular flexibility index (Phi) is 6.17. The molecule has 1 aromatic carbocycles. The van der Waals surface area contributed by atoms with Gasteiger partial charge in [0.05, 0.1) is 16.1 Å². The number of nitro groups is 1. The number of pyridine rings is 1. The van der Waals surface area contributed by atoms with E-state index in [1.807, 2.05) is 0 Å². The van der Waals surface area contributed by atoms with Crippen LogP contribution in [-0.2, 0) is 4.79 Å². The van der Waals surface area contributed by atoms with Crippen molar-refractivity contribution in [2.45, 2.75) is 19.9 Å². The van der Waals surface area contributed by atoms with Crippen molar-refractivity contribution in [3.05, 3.63) is 61.7 Å². The van der Waals surface area contributed by atoms with E-state index in [2.05, 4.69) is 10.3 Å². The van der Waals surface area contributed by atoms with E-state index in [0.29, 0.717) is 15.7 Å². The first-order chi connectivity index (χ1) is 11.8. The molecule has 2 rings (SSSR count). The van der Waals surface area contributed by atoms with Crippen LogP contribution in [0.5, 0.6) is 5.75 Å². The third-order valence-electron chi connectivity index (χ3n) is 3.33. The van der Waals surface area contributed by atoms with Crippen molar-refractivity contribution in [3.63, 3.8) is 0 Å². The SMILES string of the molecule is Cc1ccc(OCC(=O)N[C@@H](C)c2ccc(Cl)c(Cl)c2)c([N+](=O)[O-])n1. The predicted octanol–water partition coefficient (Wildman–Crippen LogP) is 3.86. The number of hydrogen-bond acceptors (Lipinski definition) is 5. The van der Waals surface area contributed by atoms with Gasteiger partial charge < -0.3 is 20.2 Å². The third-order valence-corrected chi connectivity index (χ3v) is 4.07. The summed E-state index contributed by atoms with van der Waals surface area (Å²) >= 11 is 11.8. The highest BCUT2D eigenvalue weighted by Gasteiger charge is 2.19. The van der Waals surface area contributed by atoms with Crippen molar-refractivity contribution in [1.29, 1.82) is 0 Å². The van der Waals surface area contributed by atoms with Gasteiger partial charge >= 0.3 is 5.82 Å². The average Bonchev–Trinajstić information content (AvgIpc) is 2.55. The Hall–Kier alpha value is -2.38. The highest BCUT2D eigenvalue weighted by Crippen LogP contribution is 2.26. The molecule has 0 spiro atoms. The van der Waals surface area contributed by atoms with Crippen molar-refractivity contribution in [3.8, 4) is 5.75 Å². The molecule has 0 unspecified atom stereocenters. The average molecular weight is 384 g/mol. The molecule has 1 amide bonds. The molecular formula is C16H15Cl2N3O4. The summed E-state index contributed by atoms with van der Waals surface area (Å²) in [7, 11) is 0. The molecule has 0 saturated carbocycles. The molecule has 0 aliphatic rings. The third kappa shape index (κ3) is 5.04. The summed E-state index contributed by atoms with van der Waals surface area (Å²) < 4.78 is 5.23. The molecule has 7 nitrogen and oxygen atoms in total. The summed E-state index contributed by atoms with van der Waals surface area (Å²) in [5.74, 6) is -0.924. The normalized spacial score (nSPS) is 11.7. The van der Waals surface area contributed by atoms with E-state index in [1.165, 1.54) is 6.07 Å². The zero-order valence-corrected chi connectivity index (χ0v) is 15.0. The second kappa shape index (κ2) is 8.13. The maximum Gasteiger partial charge on any atom is 0.406 e. The lowest BCUT2D eigenvalue weighted by molar-refractivity contribution is -0.390. The first-order valence-corrected chi connectivity index (χ1v) is 8.02. The summed E-state index contributed by atoms with van der Waals surface area (Å²) in [6.07, 6.45) is 0. The number of rotatable bonds is 6. The maximum atomic E-state index is 12.0. The van der Waals surface area contributed by atoms with Crippen LogP contribution in [0.25, 0.3) is 0 Å². The van der Waals surface area contributed by atoms with Gasteiger partial charge in [-0.15, -0.1) is 0 Å². The van der Waals surface area contributed by atoms with E-state index in [0.717, 1.165) is 5.56 Å². The number of hydrogen-bond donors (Lipinski definition) is 1. The van der Waals surface area contributed by atoms with E-state index in [4.69, 9.17) is 27.9 Å². The molecule has 0 fully saturated rings. The van der Waals surface area contributed by atoms with Crippen molar-refractivity contribution in [2.24, 2.45) is 0 Å². The van der Waals surface area contributed by atoms with Gasteiger partial charge in [-0.2, -0.15) is 0 Å². The lowest BCUT2D eigenvalue weighted by Gasteiger charge is -2.15. The van der Waals surface area contributed by atoms with Gasteiger partial charge in [-0.3, -0.25) is 4.79 Å². The number of ether oxygens (including phenoxy) is 1. The molecule has 1 N–H and O–H groups in total. The molecule has 9 heteroatoms. The van der Waals surface area contributed by atoms with Crippen molar-refractivity contribution >= 4 is 34.9 Å². The summed E-state index contributed by atoms with van der Waals surface area (Å²) in [6, 6.07) is 7.69. The fourth-order valence-corrected chi connectivity index (χ4v) is 2.37. The number of aryl methyl sites for hydroxylation is 1. The lowest BCUT2D eigenvalue weighted by Crippen LogP contribution is -2.31. The Labute approximate surface area is 154 Å². The summed E-state index contributed by atoms with van der Waals surface area (Å²) in [5.41, 5.74) is 1.25. The summed E-state index contributed by atoms with van der Waals surface area (Å²) in [4.78, 5) is 26.1. The maximum absolute atomic E-state index is 12.0. The van der Waals surface area contributed by atoms with Gasteiger partial charge in [-0.05, 0) is 46.7 Å². The predicted molar refractivity (Wildman–Crippen MR) is 94.1 cm³/mol. The van der Waals surface area contributed by atoms with Gasteiger partial charge in [-0.25, -0.2) is 0 Å². The molecule has 1 heterocycles. The van der Waals surface area contributed by atoms with Crippen LogP contribution in [0, 0.1) is 17.0 Å². The number of carbonyl (C=O) groups excluding carboxylic acids is 1. The van der Waals surface area contributed by atoms with Gasteiger partial charge in [0.25, 0.3) is 5.91 Å². The number of carbonyl (C=O) groups is 1. The van der Waals surface area contributed by atoms with Crippen LogP contribution >= 0.6 is 23.2 Å². The Morgan fingerprint density at radius 3 is 2.68 bits per heavy atom. The monoisotopic (exact) mass is 383 g/mol. The number of aromatic nitrogens is 1. The summed E-state index contributed by atoms with van der Waals surface area (Å²) in [6.45, 7) is 3.02. The fraction of sp³-hybridized carbons (Fsp3) is 0.250. The van der Waals surface area contributed by atoms with Crippen LogP contribution in [0.15, 0.2) is 30.3 Å². The van der Waals surface area contributed by atoms with Crippen molar-refractivity contribution < 1.29 is 14.5 Å². The lowest BCUT2D eigenvalue weighted by atomic mass is 10.1. The van der Waals surface area contributed by atoms with Crippen molar-refractivity contribution in [2.75, 3.05) is 6.61 Å². The first kappa shape index (κ1) is 19.0. The highest BCUT2D eigenvalue weighted by atomic mass is 35.5. The molecule has 0 bridgehead atoms.